The van der Waals surface area contributed by atoms with Crippen molar-refractivity contribution < 1.29 is 19.1 Å². The highest BCUT2D eigenvalue weighted by Crippen LogP contribution is 2.36. The summed E-state index contributed by atoms with van der Waals surface area (Å²) in [6.07, 6.45) is 3.49. The van der Waals surface area contributed by atoms with Crippen LogP contribution in [0.4, 0.5) is 0 Å². The van der Waals surface area contributed by atoms with Gasteiger partial charge in [0.2, 0.25) is 5.91 Å². The Labute approximate surface area is 163 Å². The highest BCUT2D eigenvalue weighted by atomic mass is 16.5. The van der Waals surface area contributed by atoms with Crippen molar-refractivity contribution in [1.82, 2.24) is 9.47 Å². The number of aldehydes is 1. The third-order valence-electron chi connectivity index (χ3n) is 5.20. The predicted molar refractivity (Wildman–Crippen MR) is 105 cm³/mol. The largest absolute Gasteiger partial charge is 0.496 e. The molecule has 0 unspecified atom stereocenters. The number of hydrogen-bond donors (Lipinski definition) is 0. The van der Waals surface area contributed by atoms with E-state index in [9.17, 15) is 14.4 Å². The maximum Gasteiger partial charge on any atom is 0.255 e. The number of aryl methyl sites for hydroxylation is 1. The number of hydrogen-bond acceptors (Lipinski definition) is 5. The normalized spacial score (nSPS) is 13.1. The number of benzene rings is 1. The van der Waals surface area contributed by atoms with Crippen molar-refractivity contribution in [3.63, 3.8) is 0 Å². The lowest BCUT2D eigenvalue weighted by molar-refractivity contribution is -0.131. The van der Waals surface area contributed by atoms with E-state index in [0.717, 1.165) is 16.7 Å². The Morgan fingerprint density at radius 3 is 2.36 bits per heavy atom. The Bertz CT molecular complexity index is 968. The zero-order valence-electron chi connectivity index (χ0n) is 16.6. The van der Waals surface area contributed by atoms with Crippen molar-refractivity contribution in [3.8, 4) is 22.6 Å². The van der Waals surface area contributed by atoms with Gasteiger partial charge >= 0.3 is 0 Å². The smallest absolute Gasteiger partial charge is 0.255 e. The van der Waals surface area contributed by atoms with E-state index in [2.05, 4.69) is 0 Å². The Balaban J connectivity index is 2.20. The van der Waals surface area contributed by atoms with Gasteiger partial charge in [-0.2, -0.15) is 0 Å². The van der Waals surface area contributed by atoms with Crippen LogP contribution in [0.2, 0.25) is 0 Å². The van der Waals surface area contributed by atoms with E-state index >= 15 is 0 Å². The molecule has 7 heteroatoms. The molecule has 0 fully saturated rings. The lowest BCUT2D eigenvalue weighted by Crippen LogP contribution is -2.40. The van der Waals surface area contributed by atoms with Crippen molar-refractivity contribution in [2.24, 2.45) is 7.05 Å². The van der Waals surface area contributed by atoms with Crippen molar-refractivity contribution in [1.29, 1.82) is 0 Å². The van der Waals surface area contributed by atoms with E-state index in [-0.39, 0.29) is 11.5 Å². The fourth-order valence-corrected chi connectivity index (χ4v) is 3.70. The van der Waals surface area contributed by atoms with Crippen LogP contribution in [0.25, 0.3) is 11.1 Å². The Morgan fingerprint density at radius 1 is 1.18 bits per heavy atom. The summed E-state index contributed by atoms with van der Waals surface area (Å²) < 4.78 is 12.3. The fourth-order valence-electron chi connectivity index (χ4n) is 3.70. The number of rotatable bonds is 5. The number of nitrogens with zero attached hydrogens (tertiary/aromatic N) is 2. The van der Waals surface area contributed by atoms with E-state index in [1.54, 1.807) is 30.3 Å². The molecule has 1 aromatic carbocycles. The minimum atomic E-state index is -0.101. The summed E-state index contributed by atoms with van der Waals surface area (Å²) in [6.45, 7) is 2.70. The molecule has 2 heterocycles. The van der Waals surface area contributed by atoms with E-state index in [1.165, 1.54) is 18.8 Å². The molecule has 0 atom stereocenters. The van der Waals surface area contributed by atoms with Gasteiger partial charge in [-0.25, -0.2) is 0 Å². The highest BCUT2D eigenvalue weighted by molar-refractivity contribution is 5.87. The van der Waals surface area contributed by atoms with Crippen LogP contribution in [0.5, 0.6) is 11.5 Å². The van der Waals surface area contributed by atoms with Gasteiger partial charge in [-0.1, -0.05) is 6.92 Å². The molecule has 7 nitrogen and oxygen atoms in total. The second kappa shape index (κ2) is 7.88. The maximum atomic E-state index is 12.7. The molecule has 28 heavy (non-hydrogen) atoms. The lowest BCUT2D eigenvalue weighted by Gasteiger charge is -2.30. The van der Waals surface area contributed by atoms with Crippen molar-refractivity contribution in [3.05, 3.63) is 45.4 Å². The third-order valence-corrected chi connectivity index (χ3v) is 5.20. The van der Waals surface area contributed by atoms with E-state index in [0.29, 0.717) is 54.8 Å². The number of amides is 1. The van der Waals surface area contributed by atoms with Gasteiger partial charge in [0, 0.05) is 37.3 Å². The molecule has 0 spiro atoms. The fraction of sp³-hybridized carbons (Fsp3) is 0.381. The van der Waals surface area contributed by atoms with Crippen LogP contribution >= 0.6 is 0 Å². The van der Waals surface area contributed by atoms with Crippen molar-refractivity contribution in [2.45, 2.75) is 26.3 Å². The van der Waals surface area contributed by atoms with Gasteiger partial charge in [0.15, 0.2) is 6.29 Å². The quantitative estimate of drug-likeness (QED) is 0.739. The van der Waals surface area contributed by atoms with E-state index in [1.807, 2.05) is 6.92 Å². The molecule has 0 bridgehead atoms. The molecule has 0 radical (unpaired) electrons. The van der Waals surface area contributed by atoms with Gasteiger partial charge in [-0.05, 0) is 29.7 Å². The highest BCUT2D eigenvalue weighted by Gasteiger charge is 2.26. The molecule has 0 N–H and O–H groups in total. The van der Waals surface area contributed by atoms with E-state index < -0.39 is 0 Å². The summed E-state index contributed by atoms with van der Waals surface area (Å²) in [5.74, 6) is 0.855. The molecule has 0 saturated carbocycles. The SMILES string of the molecule is CCC(=O)N1CCc2c(-c3cc(OC)c(C=O)c(OC)c3)cn(C)c(=O)c2C1. The van der Waals surface area contributed by atoms with E-state index in [4.69, 9.17) is 9.47 Å². The van der Waals surface area contributed by atoms with Crippen LogP contribution in [0.15, 0.2) is 23.1 Å². The number of pyridine rings is 1. The Morgan fingerprint density at radius 2 is 1.82 bits per heavy atom. The van der Waals surface area contributed by atoms with Crippen LogP contribution < -0.4 is 15.0 Å². The second-order valence-electron chi connectivity index (χ2n) is 6.75. The molecule has 148 valence electrons. The average molecular weight is 384 g/mol. The summed E-state index contributed by atoms with van der Waals surface area (Å²) >= 11 is 0. The molecule has 1 aliphatic rings. The summed E-state index contributed by atoms with van der Waals surface area (Å²) in [5.41, 5.74) is 3.45. The number of carbonyl (C=O) groups is 2. The summed E-state index contributed by atoms with van der Waals surface area (Å²) in [6, 6.07) is 3.55. The number of aromatic nitrogens is 1. The molecule has 3 rings (SSSR count). The monoisotopic (exact) mass is 384 g/mol. The van der Waals surface area contributed by atoms with Gasteiger partial charge < -0.3 is 18.9 Å². The number of ether oxygens (including phenoxy) is 2. The molecule has 2 aromatic rings. The van der Waals surface area contributed by atoms with Crippen LogP contribution in [-0.4, -0.2) is 42.4 Å². The van der Waals surface area contributed by atoms with Crippen LogP contribution in [0.3, 0.4) is 0 Å². The average Bonchev–Trinajstić information content (AvgIpc) is 2.74. The van der Waals surface area contributed by atoms with Crippen LogP contribution in [0, 0.1) is 0 Å². The zero-order chi connectivity index (χ0) is 20.4. The first-order valence-corrected chi connectivity index (χ1v) is 9.15. The standard InChI is InChI=1S/C21H24N2O5/c1-5-20(25)23-7-6-14-15(10-22(2)21(26)16(14)11-23)13-8-18(27-3)17(12-24)19(9-13)28-4/h8-10,12H,5-7,11H2,1-4H3. The molecule has 1 aromatic heterocycles. The predicted octanol–water partition coefficient (Wildman–Crippen LogP) is 2.18. The van der Waals surface area contributed by atoms with Crippen LogP contribution in [-0.2, 0) is 24.8 Å². The van der Waals surface area contributed by atoms with Gasteiger partial charge in [-0.15, -0.1) is 0 Å². The second-order valence-corrected chi connectivity index (χ2v) is 6.75. The minimum absolute atomic E-state index is 0.0387. The van der Waals surface area contributed by atoms with Crippen molar-refractivity contribution in [2.75, 3.05) is 20.8 Å². The Hall–Kier alpha value is -3.09. The van der Waals surface area contributed by atoms with Crippen LogP contribution in [0.1, 0.15) is 34.8 Å². The van der Waals surface area contributed by atoms with Gasteiger partial charge in [-0.3, -0.25) is 14.4 Å². The Kier molecular flexibility index (Phi) is 5.53. The van der Waals surface area contributed by atoms with Gasteiger partial charge in [0.25, 0.3) is 5.56 Å². The number of carbonyl (C=O) groups excluding carboxylic acids is 2. The number of fused-ring (bicyclic) bond motifs is 1. The topological polar surface area (TPSA) is 77.8 Å². The zero-order valence-corrected chi connectivity index (χ0v) is 16.6. The molecule has 1 aliphatic heterocycles. The molecule has 1 amide bonds. The molecule has 0 saturated heterocycles. The summed E-state index contributed by atoms with van der Waals surface area (Å²) in [5, 5.41) is 0. The third kappa shape index (κ3) is 3.28. The van der Waals surface area contributed by atoms with Gasteiger partial charge in [0.05, 0.1) is 26.3 Å². The summed E-state index contributed by atoms with van der Waals surface area (Å²) in [7, 11) is 4.69. The lowest BCUT2D eigenvalue weighted by atomic mass is 9.91. The maximum absolute atomic E-state index is 12.7. The molecular weight excluding hydrogens is 360 g/mol. The number of methoxy groups -OCH3 is 2. The first kappa shape index (κ1) is 19.7. The molecular formula is C21H24N2O5. The first-order chi connectivity index (χ1) is 13.4. The first-order valence-electron chi connectivity index (χ1n) is 9.15. The van der Waals surface area contributed by atoms with Gasteiger partial charge in [0.1, 0.15) is 11.5 Å². The minimum Gasteiger partial charge on any atom is -0.496 e. The van der Waals surface area contributed by atoms with Crippen molar-refractivity contribution >= 4 is 12.2 Å². The summed E-state index contributed by atoms with van der Waals surface area (Å²) in [4.78, 5) is 38.0. The molecule has 0 aliphatic carbocycles.